The molecule has 250 valence electrons. The van der Waals surface area contributed by atoms with Gasteiger partial charge in [0.2, 0.25) is 0 Å². The average molecular weight is 678 g/mol. The summed E-state index contributed by atoms with van der Waals surface area (Å²) in [6.45, 7) is 4.68. The molecular weight excluding hydrogens is 643 g/mol. The van der Waals surface area contributed by atoms with Crippen molar-refractivity contribution in [3.63, 3.8) is 0 Å². The molecule has 11 rings (SSSR count). The van der Waals surface area contributed by atoms with Crippen molar-refractivity contribution in [2.24, 2.45) is 0 Å². The Labute approximate surface area is 308 Å². The second-order valence-corrected chi connectivity index (χ2v) is 14.9. The molecule has 1 aliphatic carbocycles. The van der Waals surface area contributed by atoms with Gasteiger partial charge in [-0.3, -0.25) is 0 Å². The lowest BCUT2D eigenvalue weighted by Crippen LogP contribution is -2.16. The molecule has 0 saturated carbocycles. The van der Waals surface area contributed by atoms with Crippen molar-refractivity contribution >= 4 is 71.3 Å². The van der Waals surface area contributed by atoms with Gasteiger partial charge < -0.3 is 9.32 Å². The van der Waals surface area contributed by atoms with E-state index in [0.29, 0.717) is 0 Å². The van der Waals surface area contributed by atoms with Crippen molar-refractivity contribution in [3.8, 4) is 22.3 Å². The fourth-order valence-electron chi connectivity index (χ4n) is 9.09. The zero-order valence-electron chi connectivity index (χ0n) is 29.6. The van der Waals surface area contributed by atoms with E-state index in [2.05, 4.69) is 195 Å². The lowest BCUT2D eigenvalue weighted by Gasteiger charge is -2.28. The minimum absolute atomic E-state index is 0.0989. The quantitative estimate of drug-likeness (QED) is 0.172. The normalized spacial score (nSPS) is 13.2. The third kappa shape index (κ3) is 4.39. The summed E-state index contributed by atoms with van der Waals surface area (Å²) in [6, 6.07) is 64.0. The zero-order chi connectivity index (χ0) is 35.3. The SMILES string of the molecule is CC1(C)c2ccccc2-c2ccc(N(c3ccccc3)c3ccc4c(c3)oc3c(-c5cc6ccccc6c6ccccc56)c5ccccc5cc34)cc21. The van der Waals surface area contributed by atoms with E-state index in [1.54, 1.807) is 0 Å². The molecule has 0 radical (unpaired) electrons. The third-order valence-electron chi connectivity index (χ3n) is 11.6. The first-order valence-corrected chi connectivity index (χ1v) is 18.4. The van der Waals surface area contributed by atoms with Gasteiger partial charge >= 0.3 is 0 Å². The molecule has 0 bridgehead atoms. The number of hydrogen-bond acceptors (Lipinski definition) is 2. The molecule has 0 N–H and O–H groups in total. The number of nitrogens with zero attached hydrogens (tertiary/aromatic N) is 1. The Bertz CT molecular complexity index is 3090. The van der Waals surface area contributed by atoms with Crippen molar-refractivity contribution in [2.75, 3.05) is 4.90 Å². The molecule has 1 heterocycles. The highest BCUT2D eigenvalue weighted by molar-refractivity contribution is 6.23. The van der Waals surface area contributed by atoms with Crippen LogP contribution >= 0.6 is 0 Å². The Morgan fingerprint density at radius 2 is 1.02 bits per heavy atom. The summed E-state index contributed by atoms with van der Waals surface area (Å²) < 4.78 is 7.09. The number of furan rings is 1. The van der Waals surface area contributed by atoms with Crippen molar-refractivity contribution in [1.29, 1.82) is 0 Å². The Kier molecular flexibility index (Phi) is 6.33. The molecule has 0 atom stereocenters. The first-order valence-electron chi connectivity index (χ1n) is 18.4. The van der Waals surface area contributed by atoms with E-state index >= 15 is 0 Å². The van der Waals surface area contributed by atoms with Gasteiger partial charge in [0.05, 0.1) is 0 Å². The van der Waals surface area contributed by atoms with Crippen LogP contribution in [0.2, 0.25) is 0 Å². The number of hydrogen-bond donors (Lipinski definition) is 0. The molecule has 2 heteroatoms. The number of para-hydroxylation sites is 1. The van der Waals surface area contributed by atoms with E-state index in [1.807, 2.05) is 0 Å². The molecule has 2 nitrogen and oxygen atoms in total. The number of rotatable bonds is 4. The standard InChI is InChI=1S/C51H35NO/c1-51(2)46-23-13-12-22-41(46)42-26-24-35(30-47(42)51)52(34-16-4-3-5-17-34)36-25-27-43-45-29-33-15-7-9-19-38(33)49(50(45)53-48(43)31-36)44-28-32-14-6-8-18-37(32)39-20-10-11-21-40(39)44/h3-31H,1-2H3. The number of fused-ring (bicyclic) bond motifs is 10. The highest BCUT2D eigenvalue weighted by atomic mass is 16.3. The molecule has 0 spiro atoms. The molecule has 53 heavy (non-hydrogen) atoms. The minimum Gasteiger partial charge on any atom is -0.455 e. The predicted octanol–water partition coefficient (Wildman–Crippen LogP) is 14.5. The van der Waals surface area contributed by atoms with E-state index in [0.717, 1.165) is 44.6 Å². The van der Waals surface area contributed by atoms with Gasteiger partial charge in [-0.05, 0) is 109 Å². The second-order valence-electron chi connectivity index (χ2n) is 14.9. The van der Waals surface area contributed by atoms with Crippen molar-refractivity contribution in [3.05, 3.63) is 187 Å². The molecular formula is C51H35NO. The van der Waals surface area contributed by atoms with E-state index < -0.39 is 0 Å². The van der Waals surface area contributed by atoms with Crippen LogP contribution in [0.15, 0.2) is 180 Å². The Morgan fingerprint density at radius 3 is 1.85 bits per heavy atom. The summed E-state index contributed by atoms with van der Waals surface area (Å²) in [4.78, 5) is 2.36. The predicted molar refractivity (Wildman–Crippen MR) is 224 cm³/mol. The molecule has 1 aliphatic rings. The molecule has 0 fully saturated rings. The second kappa shape index (κ2) is 11.2. The van der Waals surface area contributed by atoms with Crippen LogP contribution in [0.5, 0.6) is 0 Å². The monoisotopic (exact) mass is 677 g/mol. The summed E-state index contributed by atoms with van der Waals surface area (Å²) >= 11 is 0. The van der Waals surface area contributed by atoms with E-state index in [9.17, 15) is 0 Å². The first kappa shape index (κ1) is 30.0. The van der Waals surface area contributed by atoms with Crippen LogP contribution in [-0.4, -0.2) is 0 Å². The van der Waals surface area contributed by atoms with Crippen molar-refractivity contribution < 1.29 is 4.42 Å². The summed E-state index contributed by atoms with van der Waals surface area (Å²) in [5.41, 5.74) is 12.7. The molecule has 0 unspecified atom stereocenters. The minimum atomic E-state index is -0.0989. The van der Waals surface area contributed by atoms with E-state index in [4.69, 9.17) is 4.42 Å². The van der Waals surface area contributed by atoms with Gasteiger partial charge in [0.25, 0.3) is 0 Å². The fourth-order valence-corrected chi connectivity index (χ4v) is 9.09. The van der Waals surface area contributed by atoms with Crippen LogP contribution in [0, 0.1) is 0 Å². The fraction of sp³-hybridized carbons (Fsp3) is 0.0588. The third-order valence-corrected chi connectivity index (χ3v) is 11.6. The summed E-state index contributed by atoms with van der Waals surface area (Å²) in [5.74, 6) is 0. The van der Waals surface area contributed by atoms with Crippen LogP contribution in [0.1, 0.15) is 25.0 Å². The Hall–Kier alpha value is -6.64. The van der Waals surface area contributed by atoms with Crippen LogP contribution in [0.4, 0.5) is 17.1 Å². The van der Waals surface area contributed by atoms with Crippen LogP contribution < -0.4 is 4.90 Å². The highest BCUT2D eigenvalue weighted by Gasteiger charge is 2.35. The maximum absolute atomic E-state index is 7.09. The highest BCUT2D eigenvalue weighted by Crippen LogP contribution is 2.51. The largest absolute Gasteiger partial charge is 0.455 e. The molecule has 0 aliphatic heterocycles. The van der Waals surface area contributed by atoms with Gasteiger partial charge in [0, 0.05) is 44.9 Å². The maximum atomic E-state index is 7.09. The number of benzene rings is 9. The number of anilines is 3. The Morgan fingerprint density at radius 1 is 0.396 bits per heavy atom. The average Bonchev–Trinajstić information content (AvgIpc) is 3.68. The van der Waals surface area contributed by atoms with Crippen LogP contribution in [0.3, 0.4) is 0 Å². The van der Waals surface area contributed by atoms with Crippen molar-refractivity contribution in [1.82, 2.24) is 0 Å². The smallest absolute Gasteiger partial charge is 0.143 e. The molecule has 10 aromatic rings. The van der Waals surface area contributed by atoms with Crippen LogP contribution in [-0.2, 0) is 5.41 Å². The van der Waals surface area contributed by atoms with Gasteiger partial charge in [-0.15, -0.1) is 0 Å². The topological polar surface area (TPSA) is 16.4 Å². The van der Waals surface area contributed by atoms with Gasteiger partial charge in [-0.25, -0.2) is 0 Å². The summed E-state index contributed by atoms with van der Waals surface area (Å²) in [5, 5.41) is 9.58. The summed E-state index contributed by atoms with van der Waals surface area (Å²) in [7, 11) is 0. The molecule has 1 aromatic heterocycles. The van der Waals surface area contributed by atoms with Crippen LogP contribution in [0.25, 0.3) is 76.5 Å². The lowest BCUT2D eigenvalue weighted by molar-refractivity contribution is 0.660. The summed E-state index contributed by atoms with van der Waals surface area (Å²) in [6.07, 6.45) is 0. The molecule has 0 saturated heterocycles. The van der Waals surface area contributed by atoms with Gasteiger partial charge in [-0.2, -0.15) is 0 Å². The van der Waals surface area contributed by atoms with Crippen molar-refractivity contribution in [2.45, 2.75) is 19.3 Å². The molecule has 0 amide bonds. The van der Waals surface area contributed by atoms with Gasteiger partial charge in [0.1, 0.15) is 11.2 Å². The van der Waals surface area contributed by atoms with Gasteiger partial charge in [-0.1, -0.05) is 135 Å². The first-order chi connectivity index (χ1) is 26.0. The molecule has 9 aromatic carbocycles. The lowest BCUT2D eigenvalue weighted by atomic mass is 9.82. The maximum Gasteiger partial charge on any atom is 0.143 e. The van der Waals surface area contributed by atoms with Gasteiger partial charge in [0.15, 0.2) is 0 Å². The zero-order valence-corrected chi connectivity index (χ0v) is 29.6. The van der Waals surface area contributed by atoms with E-state index in [1.165, 1.54) is 60.1 Å². The van der Waals surface area contributed by atoms with E-state index in [-0.39, 0.29) is 5.41 Å². The Balaban J connectivity index is 1.15.